The maximum atomic E-state index is 12.3. The zero-order valence-corrected chi connectivity index (χ0v) is 15.6. The highest BCUT2D eigenvalue weighted by Crippen LogP contribution is 2.20. The van der Waals surface area contributed by atoms with Crippen molar-refractivity contribution in [1.82, 2.24) is 4.90 Å². The molecule has 4 nitrogen and oxygen atoms in total. The number of para-hydroxylation sites is 1. The van der Waals surface area contributed by atoms with Crippen LogP contribution in [0, 0.1) is 13.8 Å². The minimum atomic E-state index is -0.109. The fraction of sp³-hybridized carbons (Fsp3) is 0.300. The Hall–Kier alpha value is -2.33. The molecule has 2 amide bonds. The van der Waals surface area contributed by atoms with Gasteiger partial charge < -0.3 is 10.2 Å². The molecule has 0 atom stereocenters. The van der Waals surface area contributed by atoms with E-state index in [1.54, 1.807) is 11.0 Å². The molecule has 25 heavy (non-hydrogen) atoms. The molecule has 2 aromatic rings. The predicted octanol–water partition coefficient (Wildman–Crippen LogP) is 4.33. The number of carbonyl (C=O) groups is 2. The summed E-state index contributed by atoms with van der Waals surface area (Å²) in [4.78, 5) is 25.8. The number of halogens is 1. The van der Waals surface area contributed by atoms with Crippen molar-refractivity contribution < 1.29 is 9.59 Å². The van der Waals surface area contributed by atoms with Gasteiger partial charge in [-0.15, -0.1) is 0 Å². The Morgan fingerprint density at radius 2 is 1.68 bits per heavy atom. The van der Waals surface area contributed by atoms with Gasteiger partial charge in [-0.3, -0.25) is 9.59 Å². The highest BCUT2D eigenvalue weighted by atomic mass is 35.5. The van der Waals surface area contributed by atoms with Gasteiger partial charge >= 0.3 is 0 Å². The van der Waals surface area contributed by atoms with E-state index < -0.39 is 0 Å². The molecule has 0 bridgehead atoms. The summed E-state index contributed by atoms with van der Waals surface area (Å²) < 4.78 is 0. The van der Waals surface area contributed by atoms with E-state index >= 15 is 0 Å². The number of nitrogens with zero attached hydrogens (tertiary/aromatic N) is 1. The average Bonchev–Trinajstić information content (AvgIpc) is 2.56. The van der Waals surface area contributed by atoms with Crippen molar-refractivity contribution in [3.63, 3.8) is 0 Å². The van der Waals surface area contributed by atoms with Crippen molar-refractivity contribution >= 4 is 29.1 Å². The molecule has 2 rings (SSSR count). The lowest BCUT2D eigenvalue weighted by Gasteiger charge is -2.22. The van der Waals surface area contributed by atoms with Crippen LogP contribution >= 0.6 is 11.6 Å². The molecule has 0 saturated heterocycles. The van der Waals surface area contributed by atoms with E-state index in [1.807, 2.05) is 50.2 Å². The molecule has 0 aliphatic carbocycles. The van der Waals surface area contributed by atoms with Gasteiger partial charge in [0.2, 0.25) is 11.8 Å². The Morgan fingerprint density at radius 1 is 1.04 bits per heavy atom. The summed E-state index contributed by atoms with van der Waals surface area (Å²) in [6.07, 6.45) is 0.234. The molecular weight excluding hydrogens is 336 g/mol. The van der Waals surface area contributed by atoms with Crippen molar-refractivity contribution in [3.8, 4) is 0 Å². The third-order valence-corrected chi connectivity index (χ3v) is 4.49. The number of aryl methyl sites for hydroxylation is 2. The summed E-state index contributed by atoms with van der Waals surface area (Å²) in [6, 6.07) is 13.3. The van der Waals surface area contributed by atoms with Crippen LogP contribution in [-0.4, -0.2) is 23.3 Å². The summed E-state index contributed by atoms with van der Waals surface area (Å²) in [5.41, 5.74) is 3.75. The molecule has 0 fully saturated rings. The number of nitrogens with one attached hydrogen (secondary N) is 1. The number of amides is 2. The molecule has 0 saturated carbocycles. The molecule has 132 valence electrons. The second-order valence-electron chi connectivity index (χ2n) is 6.10. The highest BCUT2D eigenvalue weighted by Gasteiger charge is 2.14. The maximum absolute atomic E-state index is 12.3. The molecule has 0 radical (unpaired) electrons. The van der Waals surface area contributed by atoms with E-state index in [4.69, 9.17) is 11.6 Å². The first-order valence-electron chi connectivity index (χ1n) is 8.23. The van der Waals surface area contributed by atoms with Crippen LogP contribution in [0.15, 0.2) is 42.5 Å². The lowest BCUT2D eigenvalue weighted by atomic mass is 10.1. The summed E-state index contributed by atoms with van der Waals surface area (Å²) >= 11 is 6.16. The summed E-state index contributed by atoms with van der Waals surface area (Å²) in [5.74, 6) is -0.192. The first kappa shape index (κ1) is 19.0. The third-order valence-electron chi connectivity index (χ3n) is 4.12. The average molecular weight is 359 g/mol. The van der Waals surface area contributed by atoms with Gasteiger partial charge in [-0.05, 0) is 36.6 Å². The van der Waals surface area contributed by atoms with Crippen LogP contribution in [0.1, 0.15) is 30.0 Å². The number of rotatable bonds is 6. The fourth-order valence-corrected chi connectivity index (χ4v) is 2.83. The molecule has 2 aromatic carbocycles. The van der Waals surface area contributed by atoms with Crippen molar-refractivity contribution in [2.75, 3.05) is 11.9 Å². The number of carbonyl (C=O) groups excluding carboxylic acids is 2. The minimum absolute atomic E-state index is 0.0835. The van der Waals surface area contributed by atoms with Gasteiger partial charge in [0.1, 0.15) is 0 Å². The Bertz CT molecular complexity index is 754. The van der Waals surface area contributed by atoms with Crippen molar-refractivity contribution in [2.45, 2.75) is 33.7 Å². The zero-order valence-electron chi connectivity index (χ0n) is 14.8. The Balaban J connectivity index is 1.98. The van der Waals surface area contributed by atoms with Crippen LogP contribution in [0.25, 0.3) is 0 Å². The molecule has 0 heterocycles. The van der Waals surface area contributed by atoms with E-state index in [1.165, 1.54) is 6.92 Å². The standard InChI is InChI=1S/C20H23ClN2O2/c1-14-7-6-8-15(2)20(14)22-19(25)11-12-23(16(3)24)13-17-9-4-5-10-18(17)21/h4-10H,11-13H2,1-3H3,(H,22,25). The predicted molar refractivity (Wildman–Crippen MR) is 102 cm³/mol. The third kappa shape index (κ3) is 5.33. The van der Waals surface area contributed by atoms with E-state index in [9.17, 15) is 9.59 Å². The monoisotopic (exact) mass is 358 g/mol. The van der Waals surface area contributed by atoms with Crippen LogP contribution in [0.4, 0.5) is 5.69 Å². The molecule has 5 heteroatoms. The van der Waals surface area contributed by atoms with Gasteiger partial charge in [0.25, 0.3) is 0 Å². The highest BCUT2D eigenvalue weighted by molar-refractivity contribution is 6.31. The molecule has 0 aromatic heterocycles. The van der Waals surface area contributed by atoms with Gasteiger partial charge in [-0.1, -0.05) is 48.0 Å². The van der Waals surface area contributed by atoms with Crippen LogP contribution < -0.4 is 5.32 Å². The zero-order chi connectivity index (χ0) is 18.4. The quantitative estimate of drug-likeness (QED) is 0.835. The first-order chi connectivity index (χ1) is 11.9. The molecule has 0 spiro atoms. The Morgan fingerprint density at radius 3 is 2.28 bits per heavy atom. The number of benzene rings is 2. The maximum Gasteiger partial charge on any atom is 0.226 e. The molecule has 0 aliphatic heterocycles. The normalized spacial score (nSPS) is 10.4. The van der Waals surface area contributed by atoms with E-state index in [0.717, 1.165) is 22.4 Å². The molecular formula is C20H23ClN2O2. The van der Waals surface area contributed by atoms with E-state index in [2.05, 4.69) is 5.32 Å². The lowest BCUT2D eigenvalue weighted by Crippen LogP contribution is -2.31. The van der Waals surface area contributed by atoms with Gasteiger partial charge in [0, 0.05) is 37.1 Å². The molecule has 0 unspecified atom stereocenters. The second kappa shape index (κ2) is 8.67. The molecule has 1 N–H and O–H groups in total. The van der Waals surface area contributed by atoms with E-state index in [0.29, 0.717) is 18.1 Å². The smallest absolute Gasteiger partial charge is 0.226 e. The Kier molecular flexibility index (Phi) is 6.59. The van der Waals surface area contributed by atoms with Crippen LogP contribution in [0.2, 0.25) is 5.02 Å². The number of anilines is 1. The van der Waals surface area contributed by atoms with Gasteiger partial charge in [0.15, 0.2) is 0 Å². The molecule has 0 aliphatic rings. The van der Waals surface area contributed by atoms with Gasteiger partial charge in [0.05, 0.1) is 0 Å². The van der Waals surface area contributed by atoms with Crippen molar-refractivity contribution in [1.29, 1.82) is 0 Å². The largest absolute Gasteiger partial charge is 0.338 e. The SMILES string of the molecule is CC(=O)N(CCC(=O)Nc1c(C)cccc1C)Cc1ccccc1Cl. The van der Waals surface area contributed by atoms with Gasteiger partial charge in [-0.25, -0.2) is 0 Å². The van der Waals surface area contributed by atoms with Crippen LogP contribution in [0.5, 0.6) is 0 Å². The van der Waals surface area contributed by atoms with Crippen LogP contribution in [0.3, 0.4) is 0 Å². The first-order valence-corrected chi connectivity index (χ1v) is 8.61. The van der Waals surface area contributed by atoms with Crippen molar-refractivity contribution in [3.05, 3.63) is 64.2 Å². The number of hydrogen-bond donors (Lipinski definition) is 1. The lowest BCUT2D eigenvalue weighted by molar-refractivity contribution is -0.129. The van der Waals surface area contributed by atoms with E-state index in [-0.39, 0.29) is 18.2 Å². The topological polar surface area (TPSA) is 49.4 Å². The summed E-state index contributed by atoms with van der Waals surface area (Å²) in [7, 11) is 0. The van der Waals surface area contributed by atoms with Crippen LogP contribution in [-0.2, 0) is 16.1 Å². The number of hydrogen-bond acceptors (Lipinski definition) is 2. The summed E-state index contributed by atoms with van der Waals surface area (Å²) in [6.45, 7) is 6.16. The Labute approximate surface area is 153 Å². The van der Waals surface area contributed by atoms with Crippen molar-refractivity contribution in [2.24, 2.45) is 0 Å². The van der Waals surface area contributed by atoms with Gasteiger partial charge in [-0.2, -0.15) is 0 Å². The summed E-state index contributed by atoms with van der Waals surface area (Å²) in [5, 5.41) is 3.56. The fourth-order valence-electron chi connectivity index (χ4n) is 2.63. The second-order valence-corrected chi connectivity index (χ2v) is 6.50. The minimum Gasteiger partial charge on any atom is -0.338 e.